The van der Waals surface area contributed by atoms with Gasteiger partial charge in [0.25, 0.3) is 0 Å². The first kappa shape index (κ1) is 25.0. The van der Waals surface area contributed by atoms with Crippen molar-refractivity contribution in [3.63, 3.8) is 0 Å². The van der Waals surface area contributed by atoms with Gasteiger partial charge in [0.1, 0.15) is 18.0 Å². The fourth-order valence-corrected chi connectivity index (χ4v) is 4.38. The highest BCUT2D eigenvalue weighted by atomic mass is 127. The Bertz CT molecular complexity index is 839. The zero-order valence-electron chi connectivity index (χ0n) is 18.7. The fourth-order valence-electron chi connectivity index (χ4n) is 3.87. The van der Waals surface area contributed by atoms with Crippen LogP contribution in [0.1, 0.15) is 39.5 Å². The number of carbonyl (C=O) groups is 2. The number of halogens is 1. The topological polar surface area (TPSA) is 99.1 Å². The quantitative estimate of drug-likeness (QED) is 0.385. The third kappa shape index (κ3) is 6.45. The number of rotatable bonds is 10. The van der Waals surface area contributed by atoms with Gasteiger partial charge in [-0.05, 0) is 66.0 Å². The largest absolute Gasteiger partial charge is 0.482 e. The van der Waals surface area contributed by atoms with Gasteiger partial charge in [-0.25, -0.2) is 0 Å². The Kier molecular flexibility index (Phi) is 8.95. The molecule has 8 heteroatoms. The van der Waals surface area contributed by atoms with E-state index in [0.717, 1.165) is 22.8 Å². The number of carbonyl (C=O) groups excluding carboxylic acids is 2. The second-order valence-corrected chi connectivity index (χ2v) is 10.1. The number of para-hydroxylation sites is 1. The molecule has 1 aromatic carbocycles. The van der Waals surface area contributed by atoms with E-state index in [4.69, 9.17) is 9.84 Å². The van der Waals surface area contributed by atoms with Crippen molar-refractivity contribution in [3.05, 3.63) is 39.5 Å². The van der Waals surface area contributed by atoms with Gasteiger partial charge in [0.05, 0.1) is 16.2 Å². The minimum absolute atomic E-state index is 0.0152. The van der Waals surface area contributed by atoms with E-state index in [1.165, 1.54) is 0 Å². The summed E-state index contributed by atoms with van der Waals surface area (Å²) in [6, 6.07) is 6.94. The predicted molar refractivity (Wildman–Crippen MR) is 130 cm³/mol. The third-order valence-electron chi connectivity index (χ3n) is 5.87. The molecule has 32 heavy (non-hydrogen) atoms. The summed E-state index contributed by atoms with van der Waals surface area (Å²) in [4.78, 5) is 27.7. The Hall–Kier alpha value is -1.65. The molecule has 2 aliphatic carbocycles. The first-order valence-corrected chi connectivity index (χ1v) is 12.4. The molecule has 0 aromatic heterocycles. The van der Waals surface area contributed by atoms with Crippen molar-refractivity contribution in [2.45, 2.75) is 57.8 Å². The number of ether oxygens (including phenoxy) is 1. The summed E-state index contributed by atoms with van der Waals surface area (Å²) >= 11 is 2.17. The van der Waals surface area contributed by atoms with Gasteiger partial charge in [0.2, 0.25) is 11.8 Å². The summed E-state index contributed by atoms with van der Waals surface area (Å²) in [7, 11) is 0. The normalized spacial score (nSPS) is 22.9. The number of benzene rings is 1. The van der Waals surface area contributed by atoms with Gasteiger partial charge in [-0.15, -0.1) is 0 Å². The van der Waals surface area contributed by atoms with Crippen LogP contribution in [0, 0.1) is 15.4 Å². The van der Waals surface area contributed by atoms with Crippen LogP contribution < -0.4 is 10.1 Å². The summed E-state index contributed by atoms with van der Waals surface area (Å²) < 4.78 is 7.04. The molecule has 0 bridgehead atoms. The molecule has 0 aliphatic heterocycles. The lowest BCUT2D eigenvalue weighted by atomic mass is 9.87. The molecule has 0 spiro atoms. The molecule has 0 unspecified atom stereocenters. The Balaban J connectivity index is 1.90. The van der Waals surface area contributed by atoms with Crippen LogP contribution in [0.2, 0.25) is 0 Å². The Labute approximate surface area is 203 Å². The number of aliphatic hydroxyl groups is 2. The molecule has 3 N–H and O–H groups in total. The van der Waals surface area contributed by atoms with Crippen LogP contribution in [-0.2, 0) is 9.59 Å². The van der Waals surface area contributed by atoms with Crippen molar-refractivity contribution in [2.24, 2.45) is 11.8 Å². The van der Waals surface area contributed by atoms with E-state index in [2.05, 4.69) is 41.8 Å². The van der Waals surface area contributed by atoms with Gasteiger partial charge >= 0.3 is 0 Å². The minimum atomic E-state index is -0.963. The van der Waals surface area contributed by atoms with E-state index in [0.29, 0.717) is 23.8 Å². The van der Waals surface area contributed by atoms with E-state index in [-0.39, 0.29) is 37.3 Å². The summed E-state index contributed by atoms with van der Waals surface area (Å²) in [5, 5.41) is 23.1. The molecule has 7 nitrogen and oxygen atoms in total. The van der Waals surface area contributed by atoms with Gasteiger partial charge in [0.15, 0.2) is 0 Å². The summed E-state index contributed by atoms with van der Waals surface area (Å²) in [6.45, 7) is 4.73. The molecule has 0 radical (unpaired) electrons. The summed E-state index contributed by atoms with van der Waals surface area (Å²) in [5.41, 5.74) is 0.461. The van der Waals surface area contributed by atoms with Crippen LogP contribution in [0.5, 0.6) is 5.75 Å². The number of aliphatic hydroxyl groups excluding tert-OH is 2. The average molecular weight is 556 g/mol. The molecule has 0 saturated heterocycles. The first-order chi connectivity index (χ1) is 15.3. The van der Waals surface area contributed by atoms with Gasteiger partial charge in [0, 0.05) is 31.0 Å². The zero-order valence-corrected chi connectivity index (χ0v) is 20.8. The van der Waals surface area contributed by atoms with E-state index in [1.807, 2.05) is 24.3 Å². The van der Waals surface area contributed by atoms with E-state index < -0.39 is 18.2 Å². The van der Waals surface area contributed by atoms with Crippen LogP contribution in [0.15, 0.2) is 35.9 Å². The van der Waals surface area contributed by atoms with Gasteiger partial charge < -0.3 is 25.2 Å². The van der Waals surface area contributed by atoms with Crippen molar-refractivity contribution in [2.75, 3.05) is 19.7 Å². The summed E-state index contributed by atoms with van der Waals surface area (Å²) in [5.74, 6) is 0.786. The lowest BCUT2D eigenvalue weighted by Gasteiger charge is -2.41. The number of nitrogens with one attached hydrogen (secondary N) is 1. The monoisotopic (exact) mass is 556 g/mol. The maximum Gasteiger partial charge on any atom is 0.247 e. The smallest absolute Gasteiger partial charge is 0.247 e. The zero-order chi connectivity index (χ0) is 23.3. The van der Waals surface area contributed by atoms with Gasteiger partial charge in [-0.3, -0.25) is 9.59 Å². The standard InChI is InChI=1S/C24H33IN2O5/c1-15(2)9-11-27(24(31)16-7-8-16)19-13-17(23(30)26-10-12-28)14-21(22(19)29)32-20-6-4-3-5-18(20)25/h3-6,14-16,19,21-22,28-29H,7-13H2,1-2H3,(H,26,30)/t19-,21+,22+/m1/s1. The number of hydrogen-bond acceptors (Lipinski definition) is 5. The Morgan fingerprint density at radius 3 is 2.62 bits per heavy atom. The predicted octanol–water partition coefficient (Wildman–Crippen LogP) is 2.49. The van der Waals surface area contributed by atoms with Crippen LogP contribution in [0.3, 0.4) is 0 Å². The van der Waals surface area contributed by atoms with Crippen molar-refractivity contribution < 1.29 is 24.5 Å². The fraction of sp³-hybridized carbons (Fsp3) is 0.583. The lowest BCUT2D eigenvalue weighted by molar-refractivity contribution is -0.140. The van der Waals surface area contributed by atoms with E-state index in [9.17, 15) is 14.7 Å². The van der Waals surface area contributed by atoms with Gasteiger partial charge in [-0.2, -0.15) is 0 Å². The van der Waals surface area contributed by atoms with Crippen molar-refractivity contribution in [1.82, 2.24) is 10.2 Å². The van der Waals surface area contributed by atoms with Crippen LogP contribution >= 0.6 is 22.6 Å². The van der Waals surface area contributed by atoms with Gasteiger partial charge in [-0.1, -0.05) is 26.0 Å². The SMILES string of the molecule is CC(C)CCN(C(=O)C1CC1)[C@@H]1CC(C(=O)NCCO)=C[C@H](Oc2ccccc2I)[C@H]1O. The molecule has 1 saturated carbocycles. The highest BCUT2D eigenvalue weighted by Crippen LogP contribution is 2.35. The Morgan fingerprint density at radius 2 is 2.00 bits per heavy atom. The maximum absolute atomic E-state index is 13.2. The molecule has 3 atom stereocenters. The number of hydrogen-bond donors (Lipinski definition) is 3. The molecule has 2 amide bonds. The number of amides is 2. The maximum atomic E-state index is 13.2. The molecular weight excluding hydrogens is 523 g/mol. The molecule has 2 aliphatic rings. The molecule has 3 rings (SSSR count). The summed E-state index contributed by atoms with van der Waals surface area (Å²) in [6.07, 6.45) is 2.74. The molecule has 0 heterocycles. The van der Waals surface area contributed by atoms with Crippen molar-refractivity contribution >= 4 is 34.4 Å². The van der Waals surface area contributed by atoms with Crippen LogP contribution in [0.25, 0.3) is 0 Å². The van der Waals surface area contributed by atoms with Crippen LogP contribution in [-0.4, -0.2) is 64.9 Å². The second-order valence-electron chi connectivity index (χ2n) is 8.93. The van der Waals surface area contributed by atoms with Crippen molar-refractivity contribution in [3.8, 4) is 5.75 Å². The second kappa shape index (κ2) is 11.5. The highest BCUT2D eigenvalue weighted by molar-refractivity contribution is 14.1. The highest BCUT2D eigenvalue weighted by Gasteiger charge is 2.43. The lowest BCUT2D eigenvalue weighted by Crippen LogP contribution is -2.55. The minimum Gasteiger partial charge on any atom is -0.482 e. The Morgan fingerprint density at radius 1 is 1.28 bits per heavy atom. The van der Waals surface area contributed by atoms with Crippen LogP contribution in [0.4, 0.5) is 0 Å². The molecule has 1 fully saturated rings. The molecule has 1 aromatic rings. The molecular formula is C24H33IN2O5. The number of nitrogens with zero attached hydrogens (tertiary/aromatic N) is 1. The third-order valence-corrected chi connectivity index (χ3v) is 6.76. The average Bonchev–Trinajstić information content (AvgIpc) is 3.61. The van der Waals surface area contributed by atoms with E-state index >= 15 is 0 Å². The van der Waals surface area contributed by atoms with Crippen molar-refractivity contribution in [1.29, 1.82) is 0 Å². The first-order valence-electron chi connectivity index (χ1n) is 11.3. The molecule has 176 valence electrons. The van der Waals surface area contributed by atoms with E-state index in [1.54, 1.807) is 11.0 Å².